The van der Waals surface area contributed by atoms with Crippen molar-refractivity contribution < 1.29 is 0 Å². The molecule has 0 bridgehead atoms. The second-order valence-electron chi connectivity index (χ2n) is 15.4. The molecule has 11 rings (SSSR count). The molecule has 0 saturated heterocycles. The average Bonchev–Trinajstić information content (AvgIpc) is 3.59. The van der Waals surface area contributed by atoms with Crippen LogP contribution in [0.4, 0.5) is 17.1 Å². The number of anilines is 3. The monoisotopic (exact) mass is 723 g/mol. The van der Waals surface area contributed by atoms with Gasteiger partial charge in [-0.05, 0) is 46.7 Å². The summed E-state index contributed by atoms with van der Waals surface area (Å²) in [6, 6.07) is 52.3. The van der Waals surface area contributed by atoms with Crippen LogP contribution in [-0.2, 0) is 0 Å². The van der Waals surface area contributed by atoms with Crippen molar-refractivity contribution in [1.82, 2.24) is 19.5 Å². The van der Waals surface area contributed by atoms with Crippen LogP contribution in [0, 0.1) is 0 Å². The minimum absolute atomic E-state index is 0.598. The van der Waals surface area contributed by atoms with Crippen LogP contribution in [-0.4, -0.2) is 58.8 Å². The van der Waals surface area contributed by atoms with Crippen molar-refractivity contribution in [2.75, 3.05) is 4.90 Å². The van der Waals surface area contributed by atoms with E-state index in [1.165, 1.54) is 76.4 Å². The zero-order valence-electron chi connectivity index (χ0n) is 32.6. The number of rotatable bonds is 4. The van der Waals surface area contributed by atoms with Crippen molar-refractivity contribution in [3.8, 4) is 39.9 Å². The third kappa shape index (κ3) is 4.93. The zero-order valence-corrected chi connectivity index (χ0v) is 32.6. The summed E-state index contributed by atoms with van der Waals surface area (Å²) >= 11 is 0. The number of hydrogen-bond acceptors (Lipinski definition) is 4. The molecular formula is C47H34B5N5. The van der Waals surface area contributed by atoms with Crippen LogP contribution in [0.3, 0.4) is 0 Å². The van der Waals surface area contributed by atoms with Gasteiger partial charge >= 0.3 is 0 Å². The normalized spacial score (nSPS) is 12.2. The lowest BCUT2D eigenvalue weighted by Gasteiger charge is -2.34. The van der Waals surface area contributed by atoms with Gasteiger partial charge in [0.05, 0.1) is 22.4 Å². The fourth-order valence-electron chi connectivity index (χ4n) is 9.30. The lowest BCUT2D eigenvalue weighted by atomic mass is 9.60. The standard InChI is InChI=1S/C47H34B5N5/c48-39-38(40(49)42(51)43(52)41(39)50)46-53-45(54-47(55-46)57-34-19-5-3-16-30(34)31-17-4-6-20-35(31)57)27-13-7-14-28(24-27)56-36-21-9-12-26-11-8-18-32(37(26)36)33-23-22-25-10-1-2-15-29(25)44(33)56/h1-24H,48-52H2. The Morgan fingerprint density at radius 2 is 1.04 bits per heavy atom. The van der Waals surface area contributed by atoms with Crippen molar-refractivity contribution in [1.29, 1.82) is 0 Å². The smallest absolute Gasteiger partial charge is 0.238 e. The Kier molecular flexibility index (Phi) is 7.43. The Hall–Kier alpha value is -6.79. The van der Waals surface area contributed by atoms with Crippen molar-refractivity contribution in [2.24, 2.45) is 0 Å². The molecule has 1 aliphatic heterocycles. The SMILES string of the molecule is Bc1c(B)c(B)c(-c2nc(-c3cccc(N4c5c(ccc6ccccc56)-c5cccc6cccc4c56)c3)nc(-n3c4ccccc4c4ccccc43)n2)c(B)c1B. The molecule has 262 valence electrons. The molecule has 0 N–H and O–H groups in total. The van der Waals surface area contributed by atoms with Gasteiger partial charge in [0.1, 0.15) is 39.2 Å². The van der Waals surface area contributed by atoms with Crippen LogP contribution in [0.2, 0.25) is 0 Å². The second-order valence-corrected chi connectivity index (χ2v) is 15.4. The molecule has 0 atom stereocenters. The largest absolute Gasteiger partial charge is 0.309 e. The van der Waals surface area contributed by atoms with Crippen LogP contribution < -0.4 is 32.2 Å². The zero-order chi connectivity index (χ0) is 38.5. The molecule has 10 heteroatoms. The number of aromatic nitrogens is 4. The van der Waals surface area contributed by atoms with Gasteiger partial charge in [-0.15, -0.1) is 16.4 Å². The lowest BCUT2D eigenvalue weighted by Crippen LogP contribution is -2.55. The highest BCUT2D eigenvalue weighted by Crippen LogP contribution is 2.53. The predicted octanol–water partition coefficient (Wildman–Crippen LogP) is 3.35. The van der Waals surface area contributed by atoms with E-state index in [4.69, 9.17) is 15.0 Å². The molecule has 8 aromatic carbocycles. The maximum atomic E-state index is 5.38. The Labute approximate surface area is 335 Å². The maximum absolute atomic E-state index is 5.38. The fourth-order valence-corrected chi connectivity index (χ4v) is 9.30. The van der Waals surface area contributed by atoms with Gasteiger partial charge in [0.25, 0.3) is 0 Å². The van der Waals surface area contributed by atoms with Gasteiger partial charge in [-0.2, -0.15) is 9.97 Å². The van der Waals surface area contributed by atoms with Crippen molar-refractivity contribution in [3.05, 3.63) is 146 Å². The molecule has 0 radical (unpaired) electrons. The van der Waals surface area contributed by atoms with E-state index in [2.05, 4.69) is 194 Å². The Morgan fingerprint density at radius 3 is 1.77 bits per heavy atom. The quantitative estimate of drug-likeness (QED) is 0.262. The second kappa shape index (κ2) is 12.6. The van der Waals surface area contributed by atoms with E-state index in [-0.39, 0.29) is 0 Å². The summed E-state index contributed by atoms with van der Waals surface area (Å²) in [4.78, 5) is 18.6. The van der Waals surface area contributed by atoms with Gasteiger partial charge in [0.15, 0.2) is 11.6 Å². The van der Waals surface area contributed by atoms with Crippen molar-refractivity contribution in [3.63, 3.8) is 0 Å². The number of fused-ring (bicyclic) bond motifs is 7. The van der Waals surface area contributed by atoms with Gasteiger partial charge in [-0.1, -0.05) is 126 Å². The van der Waals surface area contributed by atoms with Crippen LogP contribution >= 0.6 is 0 Å². The van der Waals surface area contributed by atoms with E-state index in [1.807, 2.05) is 0 Å². The topological polar surface area (TPSA) is 46.8 Å². The molecule has 5 nitrogen and oxygen atoms in total. The molecule has 0 unspecified atom stereocenters. The molecule has 10 aromatic rings. The van der Waals surface area contributed by atoms with E-state index < -0.39 is 0 Å². The highest BCUT2D eigenvalue weighted by atomic mass is 15.2. The van der Waals surface area contributed by atoms with Crippen LogP contribution in [0.15, 0.2) is 146 Å². The number of nitrogens with zero attached hydrogens (tertiary/aromatic N) is 5. The van der Waals surface area contributed by atoms with Gasteiger partial charge < -0.3 is 4.90 Å². The molecule has 57 heavy (non-hydrogen) atoms. The van der Waals surface area contributed by atoms with Gasteiger partial charge in [0.2, 0.25) is 5.95 Å². The third-order valence-electron chi connectivity index (χ3n) is 12.5. The average molecular weight is 723 g/mol. The summed E-state index contributed by atoms with van der Waals surface area (Å²) in [5, 5.41) is 7.21. The van der Waals surface area contributed by atoms with Gasteiger partial charge in [-0.25, -0.2) is 4.98 Å². The Bertz CT molecular complexity index is 3250. The molecule has 3 heterocycles. The number of para-hydroxylation sites is 2. The summed E-state index contributed by atoms with van der Waals surface area (Å²) in [7, 11) is 11.0. The summed E-state index contributed by atoms with van der Waals surface area (Å²) in [6.07, 6.45) is 0. The predicted molar refractivity (Wildman–Crippen MR) is 255 cm³/mol. The van der Waals surface area contributed by atoms with E-state index in [0.717, 1.165) is 33.5 Å². The van der Waals surface area contributed by atoms with E-state index in [0.29, 0.717) is 17.6 Å². The maximum Gasteiger partial charge on any atom is 0.238 e. The first-order valence-corrected chi connectivity index (χ1v) is 19.6. The highest BCUT2D eigenvalue weighted by Gasteiger charge is 2.28. The Balaban J connectivity index is 1.19. The van der Waals surface area contributed by atoms with E-state index >= 15 is 0 Å². The van der Waals surface area contributed by atoms with Crippen molar-refractivity contribution >= 4 is 127 Å². The lowest BCUT2D eigenvalue weighted by molar-refractivity contribution is 0.955. The molecule has 1 aliphatic rings. The first-order valence-electron chi connectivity index (χ1n) is 19.6. The number of benzene rings is 8. The fraction of sp³-hybridized carbons (Fsp3) is 0. The highest BCUT2D eigenvalue weighted by molar-refractivity contribution is 6.68. The Morgan fingerprint density at radius 1 is 0.439 bits per heavy atom. The first kappa shape index (κ1) is 33.5. The summed E-state index contributed by atoms with van der Waals surface area (Å²) < 4.78 is 2.20. The molecular weight excluding hydrogens is 689 g/mol. The van der Waals surface area contributed by atoms with E-state index in [1.54, 1.807) is 0 Å². The first-order chi connectivity index (χ1) is 27.9. The van der Waals surface area contributed by atoms with E-state index in [9.17, 15) is 0 Å². The molecule has 0 aliphatic carbocycles. The molecule has 0 amide bonds. The summed E-state index contributed by atoms with van der Waals surface area (Å²) in [6.45, 7) is 0. The third-order valence-corrected chi connectivity index (χ3v) is 12.5. The summed E-state index contributed by atoms with van der Waals surface area (Å²) in [5.74, 6) is 1.90. The summed E-state index contributed by atoms with van der Waals surface area (Å²) in [5.41, 5.74) is 16.2. The molecule has 0 spiro atoms. The van der Waals surface area contributed by atoms with Crippen LogP contribution in [0.1, 0.15) is 0 Å². The van der Waals surface area contributed by atoms with Crippen LogP contribution in [0.25, 0.3) is 83.2 Å². The van der Waals surface area contributed by atoms with Crippen LogP contribution in [0.5, 0.6) is 0 Å². The molecule has 0 saturated carbocycles. The minimum Gasteiger partial charge on any atom is -0.309 e. The van der Waals surface area contributed by atoms with Gasteiger partial charge in [0, 0.05) is 43.9 Å². The van der Waals surface area contributed by atoms with Crippen molar-refractivity contribution in [2.45, 2.75) is 0 Å². The molecule has 2 aromatic heterocycles. The van der Waals surface area contributed by atoms with Gasteiger partial charge in [-0.3, -0.25) is 4.57 Å². The number of hydrogen-bond donors (Lipinski definition) is 0. The molecule has 0 fully saturated rings. The minimum atomic E-state index is 0.598.